The minimum absolute atomic E-state index is 0. The summed E-state index contributed by atoms with van der Waals surface area (Å²) in [6.07, 6.45) is 4.35. The predicted molar refractivity (Wildman–Crippen MR) is 188 cm³/mol. The third-order valence-electron chi connectivity index (χ3n) is 7.13. The van der Waals surface area contributed by atoms with E-state index in [1.54, 1.807) is 29.0 Å². The van der Waals surface area contributed by atoms with Crippen LogP contribution in [0, 0.1) is 22.7 Å². The van der Waals surface area contributed by atoms with Gasteiger partial charge in [-0.15, -0.1) is 0 Å². The number of nitriles is 2. The number of halogens is 4. The van der Waals surface area contributed by atoms with E-state index >= 15 is 0 Å². The first-order valence-electron chi connectivity index (χ1n) is 13.5. The Balaban J connectivity index is 0.000000307. The number of rotatable bonds is 5. The van der Waals surface area contributed by atoms with Gasteiger partial charge in [0.2, 0.25) is 0 Å². The van der Waals surface area contributed by atoms with Crippen LogP contribution in [0.25, 0.3) is 50.1 Å². The summed E-state index contributed by atoms with van der Waals surface area (Å²) in [5.74, 6) is 0. The first-order valence-corrected chi connectivity index (χ1v) is 15.0. The Morgan fingerprint density at radius 3 is 1.78 bits per heavy atom. The van der Waals surface area contributed by atoms with Crippen molar-refractivity contribution >= 4 is 82.7 Å². The normalized spacial score (nSPS) is 10.5. The molecule has 0 saturated heterocycles. The van der Waals surface area contributed by atoms with E-state index in [2.05, 4.69) is 16.3 Å². The van der Waals surface area contributed by atoms with Crippen LogP contribution >= 0.6 is 46.4 Å². The van der Waals surface area contributed by atoms with Crippen LogP contribution in [0.1, 0.15) is 19.2 Å². The topological polar surface area (TPSA) is 83.2 Å². The van der Waals surface area contributed by atoms with Gasteiger partial charge >= 0.3 is 29.6 Å². The van der Waals surface area contributed by atoms with Gasteiger partial charge in [0, 0.05) is 100 Å². The Bertz CT molecular complexity index is 2150. The van der Waals surface area contributed by atoms with Crippen molar-refractivity contribution in [1.29, 1.82) is 10.5 Å². The van der Waals surface area contributed by atoms with E-state index in [1.165, 1.54) is 6.08 Å². The van der Waals surface area contributed by atoms with Crippen molar-refractivity contribution in [2.45, 2.75) is 12.8 Å². The smallest absolute Gasteiger partial charge is 1.00 e. The molecule has 0 saturated carbocycles. The fraction of sp³-hybridized carbons (Fsp3) is 0.118. The van der Waals surface area contributed by atoms with Gasteiger partial charge in [0.05, 0.1) is 17.8 Å². The molecule has 2 aromatic heterocycles. The molecule has 223 valence electrons. The van der Waals surface area contributed by atoms with Crippen LogP contribution in [0.2, 0.25) is 20.1 Å². The van der Waals surface area contributed by atoms with Crippen LogP contribution in [0.4, 0.5) is 0 Å². The van der Waals surface area contributed by atoms with Crippen LogP contribution < -0.4 is 29.6 Å². The van der Waals surface area contributed by atoms with E-state index in [0.29, 0.717) is 32.9 Å². The van der Waals surface area contributed by atoms with Crippen LogP contribution in [-0.2, 0) is 20.5 Å². The molecule has 0 aliphatic heterocycles. The molecule has 46 heavy (non-hydrogen) atoms. The second kappa shape index (κ2) is 16.5. The Morgan fingerprint density at radius 1 is 0.739 bits per heavy atom. The number of allylic oxidation sites excluding steroid dienone is 1. The van der Waals surface area contributed by atoms with E-state index in [9.17, 15) is 0 Å². The standard InChI is InChI=1S/C17H13Cl2N3.C17H11Cl2N3.B.Na.H/c2*1-22-16(6-3-9-20)14-5-2-4-13(17(14)21-22)12-8-7-11(18)10-15(12)19;;;/h2,4-5,7-8,10H,3,6H2,1H3;2-8,10H,1H3;;;/q;;;+1;-1/b;6-3+;;;. The van der Waals surface area contributed by atoms with E-state index in [-0.39, 0.29) is 39.4 Å². The van der Waals surface area contributed by atoms with Gasteiger partial charge in [0.25, 0.3) is 0 Å². The van der Waals surface area contributed by atoms with Crippen molar-refractivity contribution in [3.05, 3.63) is 110 Å². The summed E-state index contributed by atoms with van der Waals surface area (Å²) >= 11 is 24.6. The first kappa shape index (κ1) is 37.2. The van der Waals surface area contributed by atoms with E-state index in [0.717, 1.165) is 55.4 Å². The number of hydrogen-bond donors (Lipinski definition) is 0. The maximum absolute atomic E-state index is 8.81. The zero-order valence-electron chi connectivity index (χ0n) is 26.3. The number of fused-ring (bicyclic) bond motifs is 2. The molecule has 0 atom stereocenters. The van der Waals surface area contributed by atoms with E-state index in [4.69, 9.17) is 56.9 Å². The Kier molecular flexibility index (Phi) is 13.4. The largest absolute Gasteiger partial charge is 1.00 e. The summed E-state index contributed by atoms with van der Waals surface area (Å²) in [5, 5.41) is 31.1. The number of aryl methyl sites for hydroxylation is 3. The van der Waals surface area contributed by atoms with Crippen molar-refractivity contribution in [3.8, 4) is 34.4 Å². The molecule has 4 aromatic carbocycles. The average molecular weight is 693 g/mol. The zero-order chi connectivity index (χ0) is 31.4. The van der Waals surface area contributed by atoms with Crippen molar-refractivity contribution in [2.24, 2.45) is 14.1 Å². The van der Waals surface area contributed by atoms with Crippen LogP contribution in [0.3, 0.4) is 0 Å². The molecule has 0 bridgehead atoms. The number of benzene rings is 4. The Morgan fingerprint density at radius 2 is 1.26 bits per heavy atom. The molecule has 3 radical (unpaired) electrons. The van der Waals surface area contributed by atoms with Gasteiger partial charge in [-0.1, -0.05) is 94.9 Å². The number of aromatic nitrogens is 4. The monoisotopic (exact) mass is 691 g/mol. The minimum atomic E-state index is 0. The van der Waals surface area contributed by atoms with Crippen LogP contribution in [0.15, 0.2) is 78.9 Å². The van der Waals surface area contributed by atoms with Gasteiger partial charge in [-0.3, -0.25) is 9.36 Å². The quantitative estimate of drug-likeness (QED) is 0.147. The molecule has 0 unspecified atom stereocenters. The summed E-state index contributed by atoms with van der Waals surface area (Å²) in [4.78, 5) is 0. The van der Waals surface area contributed by atoms with Crippen molar-refractivity contribution < 1.29 is 31.0 Å². The van der Waals surface area contributed by atoms with Gasteiger partial charge < -0.3 is 1.43 Å². The molecule has 0 N–H and O–H groups in total. The molecule has 0 fully saturated rings. The third kappa shape index (κ3) is 7.82. The molecule has 12 heteroatoms. The zero-order valence-corrected chi connectivity index (χ0v) is 30.3. The van der Waals surface area contributed by atoms with Gasteiger partial charge in [-0.05, 0) is 30.3 Å². The van der Waals surface area contributed by atoms with Gasteiger partial charge in [-0.2, -0.15) is 20.7 Å². The van der Waals surface area contributed by atoms with Crippen LogP contribution in [0.5, 0.6) is 0 Å². The molecular formula is C34H25BCl4N6Na. The molecule has 0 spiro atoms. The van der Waals surface area contributed by atoms with Crippen molar-refractivity contribution in [2.75, 3.05) is 0 Å². The molecule has 0 aliphatic carbocycles. The molecule has 0 aliphatic rings. The summed E-state index contributed by atoms with van der Waals surface area (Å²) in [6.45, 7) is 0. The maximum Gasteiger partial charge on any atom is 1.00 e. The second-order valence-electron chi connectivity index (χ2n) is 9.85. The number of nitrogens with zero attached hydrogens (tertiary/aromatic N) is 6. The summed E-state index contributed by atoms with van der Waals surface area (Å²) in [5.41, 5.74) is 7.36. The van der Waals surface area contributed by atoms with E-state index in [1.807, 2.05) is 79.4 Å². The Labute approximate surface area is 313 Å². The third-order valence-corrected chi connectivity index (χ3v) is 8.23. The van der Waals surface area contributed by atoms with Crippen LogP contribution in [-0.4, -0.2) is 28.0 Å². The van der Waals surface area contributed by atoms with Crippen molar-refractivity contribution in [1.82, 2.24) is 19.6 Å². The average Bonchev–Trinajstić information content (AvgIpc) is 3.50. The maximum atomic E-state index is 8.81. The molecular weight excluding hydrogens is 668 g/mol. The summed E-state index contributed by atoms with van der Waals surface area (Å²) < 4.78 is 3.60. The fourth-order valence-corrected chi connectivity index (χ4v) is 6.16. The summed E-state index contributed by atoms with van der Waals surface area (Å²) in [6, 6.07) is 27.0. The second-order valence-corrected chi connectivity index (χ2v) is 11.5. The van der Waals surface area contributed by atoms with E-state index < -0.39 is 0 Å². The van der Waals surface area contributed by atoms with Crippen molar-refractivity contribution in [3.63, 3.8) is 0 Å². The number of hydrogen-bond acceptors (Lipinski definition) is 4. The molecule has 6 aromatic rings. The van der Waals surface area contributed by atoms with Gasteiger partial charge in [-0.25, -0.2) is 0 Å². The first-order chi connectivity index (χ1) is 21.2. The molecule has 2 heterocycles. The molecule has 6 nitrogen and oxygen atoms in total. The predicted octanol–water partition coefficient (Wildman–Crippen LogP) is 6.82. The molecule has 6 rings (SSSR count). The van der Waals surface area contributed by atoms with Gasteiger partial charge in [0.1, 0.15) is 11.0 Å². The fourth-order valence-electron chi connectivity index (χ4n) is 5.14. The minimum Gasteiger partial charge on any atom is -1.00 e. The molecule has 0 amide bonds. The van der Waals surface area contributed by atoms with Gasteiger partial charge in [0.15, 0.2) is 0 Å². The summed E-state index contributed by atoms with van der Waals surface area (Å²) in [7, 11) is 3.75. The SMILES string of the molecule is Cn1nc2c(-c3ccc(Cl)cc3Cl)cccc2c1/C=C/C#N.Cn1nc2c(-c3ccc(Cl)cc3Cl)cccc2c1CCC#N.[B].[H-].[Na+]. The Hall–Kier alpha value is -3.24.